The van der Waals surface area contributed by atoms with Gasteiger partial charge in [-0.05, 0) is 43.9 Å². The van der Waals surface area contributed by atoms with Gasteiger partial charge < -0.3 is 15.3 Å². The van der Waals surface area contributed by atoms with Crippen LogP contribution in [0, 0.1) is 0 Å². The average molecular weight is 362 g/mol. The molecule has 144 valence electrons. The number of rotatable bonds is 11. The zero-order valence-electron chi connectivity index (χ0n) is 16.0. The van der Waals surface area contributed by atoms with E-state index in [2.05, 4.69) is 5.32 Å². The first-order valence-electron chi connectivity index (χ1n) is 9.14. The van der Waals surface area contributed by atoms with Crippen LogP contribution in [-0.4, -0.2) is 47.9 Å². The number of hydrogen-bond donors (Lipinski definition) is 2. The minimum Gasteiger partial charge on any atom is -0.480 e. The van der Waals surface area contributed by atoms with E-state index in [1.54, 1.807) is 25.1 Å². The highest BCUT2D eigenvalue weighted by Crippen LogP contribution is 2.12. The first-order valence-corrected chi connectivity index (χ1v) is 9.14. The molecule has 6 heteroatoms. The van der Waals surface area contributed by atoms with Gasteiger partial charge in [-0.15, -0.1) is 0 Å². The van der Waals surface area contributed by atoms with Crippen LogP contribution in [0.3, 0.4) is 0 Å². The quantitative estimate of drug-likeness (QED) is 0.593. The van der Waals surface area contributed by atoms with Crippen molar-refractivity contribution in [2.75, 3.05) is 14.1 Å². The van der Waals surface area contributed by atoms with Crippen LogP contribution in [0.5, 0.6) is 0 Å². The van der Waals surface area contributed by atoms with E-state index in [1.165, 1.54) is 6.92 Å². The molecule has 6 nitrogen and oxygen atoms in total. The Bertz CT molecular complexity index is 614. The van der Waals surface area contributed by atoms with Crippen LogP contribution >= 0.6 is 0 Å². The van der Waals surface area contributed by atoms with Gasteiger partial charge in [-0.25, -0.2) is 0 Å². The van der Waals surface area contributed by atoms with Gasteiger partial charge in [-0.1, -0.05) is 31.4 Å². The Labute approximate surface area is 155 Å². The first-order chi connectivity index (χ1) is 12.3. The summed E-state index contributed by atoms with van der Waals surface area (Å²) >= 11 is 0. The summed E-state index contributed by atoms with van der Waals surface area (Å²) < 4.78 is 0. The summed E-state index contributed by atoms with van der Waals surface area (Å²) in [6.07, 6.45) is 6.67. The molecule has 26 heavy (non-hydrogen) atoms. The molecule has 1 aromatic rings. The van der Waals surface area contributed by atoms with E-state index < -0.39 is 12.0 Å². The third kappa shape index (κ3) is 8.14. The lowest BCUT2D eigenvalue weighted by atomic mass is 10.0. The number of carboxylic acid groups (broad SMARTS) is 1. The second-order valence-electron chi connectivity index (χ2n) is 6.79. The Morgan fingerprint density at radius 1 is 1.08 bits per heavy atom. The van der Waals surface area contributed by atoms with Crippen molar-refractivity contribution in [3.8, 4) is 0 Å². The fourth-order valence-corrected chi connectivity index (χ4v) is 2.57. The number of carbonyl (C=O) groups excluding carboxylic acids is 2. The number of aliphatic carboxylic acids is 1. The number of amides is 2. The van der Waals surface area contributed by atoms with Gasteiger partial charge in [0.05, 0.1) is 0 Å². The van der Waals surface area contributed by atoms with Gasteiger partial charge in [-0.2, -0.15) is 0 Å². The number of hydrogen-bond acceptors (Lipinski definition) is 3. The maximum absolute atomic E-state index is 12.1. The second-order valence-corrected chi connectivity index (χ2v) is 6.79. The van der Waals surface area contributed by atoms with Gasteiger partial charge in [0.1, 0.15) is 6.04 Å². The molecule has 0 aromatic heterocycles. The van der Waals surface area contributed by atoms with Crippen molar-refractivity contribution < 1.29 is 19.5 Å². The Hall–Kier alpha value is -2.37. The molecule has 0 saturated carbocycles. The monoisotopic (exact) mass is 362 g/mol. The molecule has 0 aliphatic carbocycles. The summed E-state index contributed by atoms with van der Waals surface area (Å²) in [6, 6.07) is 6.40. The fraction of sp³-hybridized carbons (Fsp3) is 0.550. The Balaban J connectivity index is 2.30. The average Bonchev–Trinajstić information content (AvgIpc) is 2.60. The smallest absolute Gasteiger partial charge is 0.325 e. The first kappa shape index (κ1) is 21.7. The van der Waals surface area contributed by atoms with Gasteiger partial charge in [0, 0.05) is 26.1 Å². The highest BCUT2D eigenvalue weighted by molar-refractivity contribution is 5.96. The lowest BCUT2D eigenvalue weighted by molar-refractivity contribution is -0.138. The summed E-state index contributed by atoms with van der Waals surface area (Å²) in [5.74, 6) is -1.24. The molecule has 0 fully saturated rings. The molecule has 1 aromatic carbocycles. The van der Waals surface area contributed by atoms with E-state index in [0.29, 0.717) is 12.0 Å². The second kappa shape index (κ2) is 11.3. The maximum Gasteiger partial charge on any atom is 0.325 e. The molecule has 0 spiro atoms. The molecule has 0 saturated heterocycles. The van der Waals surface area contributed by atoms with E-state index in [1.807, 2.05) is 18.2 Å². The molecular formula is C20H30N2O4. The summed E-state index contributed by atoms with van der Waals surface area (Å²) in [5.41, 5.74) is 1.56. The minimum absolute atomic E-state index is 0.178. The third-order valence-electron chi connectivity index (χ3n) is 4.26. The Morgan fingerprint density at radius 2 is 1.73 bits per heavy atom. The number of benzene rings is 1. The van der Waals surface area contributed by atoms with E-state index >= 15 is 0 Å². The number of nitrogens with one attached hydrogen (secondary N) is 1. The van der Waals surface area contributed by atoms with Crippen molar-refractivity contribution in [3.05, 3.63) is 35.4 Å². The van der Waals surface area contributed by atoms with Crippen molar-refractivity contribution in [1.29, 1.82) is 0 Å². The van der Waals surface area contributed by atoms with Crippen molar-refractivity contribution in [2.24, 2.45) is 0 Å². The van der Waals surface area contributed by atoms with Gasteiger partial charge in [0.2, 0.25) is 5.91 Å². The molecule has 1 rings (SSSR count). The standard InChI is InChI=1S/C20H30N2O4/c1-15(20(25)26)21-19(24)17-12-9-11-16(14-17)10-7-5-4-6-8-13-18(23)22(2)3/h9,11-12,14-15H,4-8,10,13H2,1-3H3,(H,21,24)(H,25,26). The topological polar surface area (TPSA) is 86.7 Å². The Kier molecular flexibility index (Phi) is 9.41. The van der Waals surface area contributed by atoms with Gasteiger partial charge in [0.15, 0.2) is 0 Å². The molecule has 0 bridgehead atoms. The van der Waals surface area contributed by atoms with E-state index in [9.17, 15) is 14.4 Å². The zero-order chi connectivity index (χ0) is 19.5. The lowest BCUT2D eigenvalue weighted by Gasteiger charge is -2.10. The Morgan fingerprint density at radius 3 is 2.38 bits per heavy atom. The predicted octanol–water partition coefficient (Wildman–Crippen LogP) is 2.86. The van der Waals surface area contributed by atoms with Crippen LogP contribution in [-0.2, 0) is 16.0 Å². The molecule has 0 aliphatic heterocycles. The summed E-state index contributed by atoms with van der Waals surface area (Å²) in [6.45, 7) is 1.44. The van der Waals surface area contributed by atoms with Crippen molar-refractivity contribution in [1.82, 2.24) is 10.2 Å². The van der Waals surface area contributed by atoms with Gasteiger partial charge in [0.25, 0.3) is 5.91 Å². The fourth-order valence-electron chi connectivity index (χ4n) is 2.57. The van der Waals surface area contributed by atoms with Gasteiger partial charge in [-0.3, -0.25) is 14.4 Å². The summed E-state index contributed by atoms with van der Waals surface area (Å²) in [4.78, 5) is 36.0. The SMILES string of the molecule is CC(NC(=O)c1cccc(CCCCCCCC(=O)N(C)C)c1)C(=O)O. The molecular weight excluding hydrogens is 332 g/mol. The van der Waals surface area contributed by atoms with E-state index in [0.717, 1.165) is 44.1 Å². The third-order valence-corrected chi connectivity index (χ3v) is 4.26. The molecule has 0 aliphatic rings. The van der Waals surface area contributed by atoms with Crippen LogP contribution in [0.2, 0.25) is 0 Å². The van der Waals surface area contributed by atoms with Crippen LogP contribution in [0.25, 0.3) is 0 Å². The zero-order valence-corrected chi connectivity index (χ0v) is 16.0. The number of carboxylic acids is 1. The number of aryl methyl sites for hydroxylation is 1. The van der Waals surface area contributed by atoms with Gasteiger partial charge >= 0.3 is 5.97 Å². The predicted molar refractivity (Wildman–Crippen MR) is 101 cm³/mol. The largest absolute Gasteiger partial charge is 0.480 e. The minimum atomic E-state index is -1.05. The molecule has 2 amide bonds. The number of unbranched alkanes of at least 4 members (excludes halogenated alkanes) is 4. The number of carbonyl (C=O) groups is 3. The molecule has 0 radical (unpaired) electrons. The summed E-state index contributed by atoms with van der Waals surface area (Å²) in [7, 11) is 3.55. The van der Waals surface area contributed by atoms with Crippen LogP contribution < -0.4 is 5.32 Å². The number of nitrogens with zero attached hydrogens (tertiary/aromatic N) is 1. The van der Waals surface area contributed by atoms with Crippen molar-refractivity contribution in [2.45, 2.75) is 57.9 Å². The molecule has 0 heterocycles. The highest BCUT2D eigenvalue weighted by Gasteiger charge is 2.15. The highest BCUT2D eigenvalue weighted by atomic mass is 16.4. The molecule has 1 unspecified atom stereocenters. The van der Waals surface area contributed by atoms with Crippen LogP contribution in [0.15, 0.2) is 24.3 Å². The van der Waals surface area contributed by atoms with Crippen molar-refractivity contribution >= 4 is 17.8 Å². The van der Waals surface area contributed by atoms with E-state index in [-0.39, 0.29) is 11.8 Å². The van der Waals surface area contributed by atoms with E-state index in [4.69, 9.17) is 5.11 Å². The van der Waals surface area contributed by atoms with Crippen molar-refractivity contribution in [3.63, 3.8) is 0 Å². The van der Waals surface area contributed by atoms with Crippen LogP contribution in [0.4, 0.5) is 0 Å². The van der Waals surface area contributed by atoms with Crippen LogP contribution in [0.1, 0.15) is 61.4 Å². The summed E-state index contributed by atoms with van der Waals surface area (Å²) in [5, 5.41) is 11.3. The lowest BCUT2D eigenvalue weighted by Crippen LogP contribution is -2.38. The molecule has 2 N–H and O–H groups in total. The maximum atomic E-state index is 12.1. The normalized spacial score (nSPS) is 11.7. The molecule has 1 atom stereocenters.